The molecule has 2 fully saturated rings. The van der Waals surface area contributed by atoms with Crippen LogP contribution < -0.4 is 5.73 Å². The van der Waals surface area contributed by atoms with E-state index in [2.05, 4.69) is 0 Å². The Bertz CT molecular complexity index is 136. The molecule has 2 aliphatic rings. The molecule has 1 aliphatic heterocycles. The number of ether oxygens (including phenoxy) is 1. The van der Waals surface area contributed by atoms with Crippen LogP contribution in [0.5, 0.6) is 0 Å². The molecular formula is C8H16ClNO. The first-order valence-electron chi connectivity index (χ1n) is 4.16. The van der Waals surface area contributed by atoms with Crippen LogP contribution in [0.25, 0.3) is 0 Å². The van der Waals surface area contributed by atoms with Crippen molar-refractivity contribution >= 4 is 12.4 Å². The van der Waals surface area contributed by atoms with Crippen LogP contribution in [0.4, 0.5) is 0 Å². The lowest BCUT2D eigenvalue weighted by molar-refractivity contribution is 0.0715. The highest BCUT2D eigenvalue weighted by atomic mass is 35.5. The minimum absolute atomic E-state index is 0. The van der Waals surface area contributed by atoms with Crippen LogP contribution in [0.15, 0.2) is 0 Å². The molecule has 1 spiro atoms. The van der Waals surface area contributed by atoms with Gasteiger partial charge in [0.05, 0.1) is 12.7 Å². The fourth-order valence-electron chi connectivity index (χ4n) is 2.07. The van der Waals surface area contributed by atoms with Crippen molar-refractivity contribution in [2.75, 3.05) is 13.2 Å². The van der Waals surface area contributed by atoms with Crippen LogP contribution >= 0.6 is 12.4 Å². The molecule has 1 heterocycles. The monoisotopic (exact) mass is 177 g/mol. The van der Waals surface area contributed by atoms with E-state index in [9.17, 15) is 0 Å². The van der Waals surface area contributed by atoms with E-state index in [4.69, 9.17) is 10.5 Å². The Morgan fingerprint density at radius 3 is 2.45 bits per heavy atom. The molecule has 1 saturated heterocycles. The molecular weight excluding hydrogens is 162 g/mol. The van der Waals surface area contributed by atoms with E-state index in [1.54, 1.807) is 0 Å². The first-order valence-corrected chi connectivity index (χ1v) is 4.16. The summed E-state index contributed by atoms with van der Waals surface area (Å²) in [5, 5.41) is 0. The predicted octanol–water partition coefficient (Wildman–Crippen LogP) is 1.33. The molecule has 66 valence electrons. The number of halogens is 1. The van der Waals surface area contributed by atoms with Crippen molar-refractivity contribution in [1.29, 1.82) is 0 Å². The van der Waals surface area contributed by atoms with Crippen LogP contribution in [0.3, 0.4) is 0 Å². The van der Waals surface area contributed by atoms with Gasteiger partial charge in [-0.15, -0.1) is 12.4 Å². The zero-order valence-electron chi connectivity index (χ0n) is 6.71. The standard InChI is InChI=1S/C8H15NO.ClH/c9-5-7-4-8(6-10-7)2-1-3-8;/h7H,1-6,9H2;1H. The maximum absolute atomic E-state index is 5.53. The maximum Gasteiger partial charge on any atom is 0.0703 e. The molecule has 1 saturated carbocycles. The summed E-state index contributed by atoms with van der Waals surface area (Å²) in [5.74, 6) is 0. The molecule has 1 atom stereocenters. The van der Waals surface area contributed by atoms with Gasteiger partial charge in [-0.05, 0) is 24.7 Å². The quantitative estimate of drug-likeness (QED) is 0.656. The van der Waals surface area contributed by atoms with Gasteiger partial charge in [-0.3, -0.25) is 0 Å². The number of rotatable bonds is 1. The Morgan fingerprint density at radius 1 is 1.45 bits per heavy atom. The van der Waals surface area contributed by atoms with Crippen molar-refractivity contribution in [3.8, 4) is 0 Å². The first kappa shape index (κ1) is 9.30. The predicted molar refractivity (Wildman–Crippen MR) is 46.9 cm³/mol. The Kier molecular flexibility index (Phi) is 2.79. The molecule has 2 rings (SSSR count). The van der Waals surface area contributed by atoms with E-state index in [-0.39, 0.29) is 12.4 Å². The maximum atomic E-state index is 5.53. The van der Waals surface area contributed by atoms with E-state index in [1.165, 1.54) is 25.7 Å². The summed E-state index contributed by atoms with van der Waals surface area (Å²) in [6.07, 6.45) is 5.76. The molecule has 1 unspecified atom stereocenters. The van der Waals surface area contributed by atoms with Gasteiger partial charge in [-0.1, -0.05) is 6.42 Å². The Morgan fingerprint density at radius 2 is 2.18 bits per heavy atom. The van der Waals surface area contributed by atoms with E-state index >= 15 is 0 Å². The summed E-state index contributed by atoms with van der Waals surface area (Å²) in [7, 11) is 0. The van der Waals surface area contributed by atoms with Crippen LogP contribution in [-0.2, 0) is 4.74 Å². The molecule has 11 heavy (non-hydrogen) atoms. The fraction of sp³-hybridized carbons (Fsp3) is 1.00. The molecule has 0 bridgehead atoms. The molecule has 3 heteroatoms. The molecule has 0 aromatic carbocycles. The molecule has 0 amide bonds. The van der Waals surface area contributed by atoms with Gasteiger partial charge < -0.3 is 10.5 Å². The SMILES string of the molecule is Cl.NCC1CC2(CCC2)CO1. The number of hydrogen-bond donors (Lipinski definition) is 1. The normalized spacial score (nSPS) is 33.0. The second-order valence-electron chi connectivity index (χ2n) is 3.73. The highest BCUT2D eigenvalue weighted by Crippen LogP contribution is 2.48. The molecule has 2 nitrogen and oxygen atoms in total. The third-order valence-electron chi connectivity index (χ3n) is 2.96. The smallest absolute Gasteiger partial charge is 0.0703 e. The van der Waals surface area contributed by atoms with Gasteiger partial charge >= 0.3 is 0 Å². The van der Waals surface area contributed by atoms with Crippen LogP contribution in [-0.4, -0.2) is 19.3 Å². The fourth-order valence-corrected chi connectivity index (χ4v) is 2.07. The van der Waals surface area contributed by atoms with Crippen molar-refractivity contribution in [3.63, 3.8) is 0 Å². The average molecular weight is 178 g/mol. The highest BCUT2D eigenvalue weighted by Gasteiger charge is 2.43. The van der Waals surface area contributed by atoms with Gasteiger partial charge in [0.25, 0.3) is 0 Å². The Labute approximate surface area is 73.9 Å². The number of hydrogen-bond acceptors (Lipinski definition) is 2. The molecule has 1 aliphatic carbocycles. The van der Waals surface area contributed by atoms with Gasteiger partial charge in [0, 0.05) is 6.54 Å². The summed E-state index contributed by atoms with van der Waals surface area (Å²) in [6, 6.07) is 0. The van der Waals surface area contributed by atoms with Crippen LogP contribution in [0.2, 0.25) is 0 Å². The topological polar surface area (TPSA) is 35.2 Å². The summed E-state index contributed by atoms with van der Waals surface area (Å²) in [5.41, 5.74) is 6.10. The van der Waals surface area contributed by atoms with E-state index in [1.807, 2.05) is 0 Å². The third-order valence-corrected chi connectivity index (χ3v) is 2.96. The zero-order valence-corrected chi connectivity index (χ0v) is 7.53. The summed E-state index contributed by atoms with van der Waals surface area (Å²) >= 11 is 0. The average Bonchev–Trinajstić information content (AvgIpc) is 2.29. The Hall–Kier alpha value is 0.210. The molecule has 0 aromatic rings. The minimum atomic E-state index is 0. The lowest BCUT2D eigenvalue weighted by Crippen LogP contribution is -2.30. The molecule has 0 radical (unpaired) electrons. The molecule has 0 aromatic heterocycles. The number of nitrogens with two attached hydrogens (primary N) is 1. The van der Waals surface area contributed by atoms with Crippen molar-refractivity contribution in [1.82, 2.24) is 0 Å². The van der Waals surface area contributed by atoms with Crippen molar-refractivity contribution in [2.24, 2.45) is 11.1 Å². The Balaban J connectivity index is 0.000000605. The van der Waals surface area contributed by atoms with Gasteiger partial charge in [-0.25, -0.2) is 0 Å². The van der Waals surface area contributed by atoms with Crippen LogP contribution in [0, 0.1) is 5.41 Å². The summed E-state index contributed by atoms with van der Waals surface area (Å²) in [6.45, 7) is 1.69. The van der Waals surface area contributed by atoms with Gasteiger partial charge in [-0.2, -0.15) is 0 Å². The lowest BCUT2D eigenvalue weighted by atomic mass is 9.68. The van der Waals surface area contributed by atoms with Gasteiger partial charge in [0.2, 0.25) is 0 Å². The summed E-state index contributed by atoms with van der Waals surface area (Å²) in [4.78, 5) is 0. The van der Waals surface area contributed by atoms with E-state index in [0.29, 0.717) is 18.1 Å². The second kappa shape index (κ2) is 3.30. The lowest BCUT2D eigenvalue weighted by Gasteiger charge is -2.36. The third kappa shape index (κ3) is 1.53. The van der Waals surface area contributed by atoms with Crippen molar-refractivity contribution in [3.05, 3.63) is 0 Å². The zero-order chi connectivity index (χ0) is 7.03. The van der Waals surface area contributed by atoms with Crippen molar-refractivity contribution in [2.45, 2.75) is 31.8 Å². The molecule has 2 N–H and O–H groups in total. The van der Waals surface area contributed by atoms with E-state index in [0.717, 1.165) is 6.61 Å². The highest BCUT2D eigenvalue weighted by molar-refractivity contribution is 5.85. The second-order valence-corrected chi connectivity index (χ2v) is 3.73. The largest absolute Gasteiger partial charge is 0.376 e. The first-order chi connectivity index (χ1) is 4.85. The minimum Gasteiger partial charge on any atom is -0.376 e. The van der Waals surface area contributed by atoms with E-state index < -0.39 is 0 Å². The van der Waals surface area contributed by atoms with Gasteiger partial charge in [0.1, 0.15) is 0 Å². The summed E-state index contributed by atoms with van der Waals surface area (Å²) < 4.78 is 5.53. The van der Waals surface area contributed by atoms with Gasteiger partial charge in [0.15, 0.2) is 0 Å². The van der Waals surface area contributed by atoms with Crippen molar-refractivity contribution < 1.29 is 4.74 Å². The van der Waals surface area contributed by atoms with Crippen LogP contribution in [0.1, 0.15) is 25.7 Å².